The highest BCUT2D eigenvalue weighted by molar-refractivity contribution is 6.31. The van der Waals surface area contributed by atoms with Crippen LogP contribution in [0.3, 0.4) is 0 Å². The first-order valence-corrected chi connectivity index (χ1v) is 15.7. The normalized spacial score (nSPS) is 18.9. The van der Waals surface area contributed by atoms with Gasteiger partial charge in [0.15, 0.2) is 17.1 Å². The average Bonchev–Trinajstić information content (AvgIpc) is 3.63. The van der Waals surface area contributed by atoms with Gasteiger partial charge in [-0.15, -0.1) is 0 Å². The van der Waals surface area contributed by atoms with E-state index in [9.17, 15) is 14.4 Å². The molecular formula is C33H39ClN6O5. The van der Waals surface area contributed by atoms with Gasteiger partial charge in [-0.3, -0.25) is 14.4 Å². The van der Waals surface area contributed by atoms with Gasteiger partial charge >= 0.3 is 0 Å². The van der Waals surface area contributed by atoms with Crippen molar-refractivity contribution in [2.75, 3.05) is 20.2 Å². The van der Waals surface area contributed by atoms with Gasteiger partial charge < -0.3 is 24.7 Å². The summed E-state index contributed by atoms with van der Waals surface area (Å²) in [5.74, 6) is 0.745. The van der Waals surface area contributed by atoms with Crippen LogP contribution in [0, 0.1) is 12.8 Å². The van der Waals surface area contributed by atoms with E-state index in [1.165, 1.54) is 7.11 Å². The standard InChI is InChI=1S/C33H39ClN6O5/c1-5-20(2)29-32(42)36-25(16-22-10-7-6-8-11-22)31-35-21(3)38-40(31)15-14-39(13-9-12-28(41)37-29)33(43)27-18-23-17-24(34)19-26(44-4)30(23)45-27/h6-8,10-11,17-20,25,29H,5,9,12-16H2,1-4H3,(H,36,42)(H,37,41)/t20-,25-,29-/m0/s1. The maximum Gasteiger partial charge on any atom is 0.289 e. The zero-order chi connectivity index (χ0) is 32.1. The van der Waals surface area contributed by atoms with Crippen molar-refractivity contribution in [3.63, 3.8) is 0 Å². The summed E-state index contributed by atoms with van der Waals surface area (Å²) in [6.07, 6.45) is 1.71. The third-order valence-electron chi connectivity index (χ3n) is 8.21. The molecule has 3 amide bonds. The van der Waals surface area contributed by atoms with E-state index in [4.69, 9.17) is 25.7 Å². The number of aromatic nitrogens is 3. The lowest BCUT2D eigenvalue weighted by Gasteiger charge is -2.28. The van der Waals surface area contributed by atoms with Gasteiger partial charge in [0.05, 0.1) is 19.7 Å². The number of benzene rings is 2. The van der Waals surface area contributed by atoms with Gasteiger partial charge in [-0.2, -0.15) is 5.10 Å². The minimum absolute atomic E-state index is 0.101. The number of aryl methyl sites for hydroxylation is 1. The monoisotopic (exact) mass is 634 g/mol. The molecule has 12 heteroatoms. The third-order valence-corrected chi connectivity index (χ3v) is 8.43. The molecule has 0 spiro atoms. The molecule has 3 heterocycles. The number of hydrogen-bond donors (Lipinski definition) is 2. The number of hydrogen-bond acceptors (Lipinski definition) is 7. The Morgan fingerprint density at radius 1 is 1.13 bits per heavy atom. The molecule has 2 N–H and O–H groups in total. The van der Waals surface area contributed by atoms with Crippen molar-refractivity contribution >= 4 is 40.3 Å². The molecule has 1 aliphatic heterocycles. The van der Waals surface area contributed by atoms with Crippen LogP contribution in [0.25, 0.3) is 11.0 Å². The highest BCUT2D eigenvalue weighted by Gasteiger charge is 2.31. The smallest absolute Gasteiger partial charge is 0.289 e. The van der Waals surface area contributed by atoms with Crippen LogP contribution in [-0.2, 0) is 22.6 Å². The van der Waals surface area contributed by atoms with Crippen LogP contribution < -0.4 is 15.4 Å². The molecule has 2 aromatic carbocycles. The minimum Gasteiger partial charge on any atom is -0.493 e. The number of furan rings is 1. The number of carbonyl (C=O) groups is 3. The fraction of sp³-hybridized carbons (Fsp3) is 0.424. The summed E-state index contributed by atoms with van der Waals surface area (Å²) in [5, 5.41) is 11.9. The molecule has 5 rings (SSSR count). The Morgan fingerprint density at radius 2 is 1.91 bits per heavy atom. The SMILES string of the molecule is CC[C@H](C)[C@@H]1NC(=O)CCCN(C(=O)c2cc3cc(Cl)cc(OC)c3o2)CCn2nc(C)nc2[C@H](Cc2ccccc2)NC1=O. The molecule has 0 saturated heterocycles. The lowest BCUT2D eigenvalue weighted by molar-refractivity contribution is -0.130. The van der Waals surface area contributed by atoms with Gasteiger partial charge in [0.2, 0.25) is 11.8 Å². The predicted molar refractivity (Wildman–Crippen MR) is 170 cm³/mol. The summed E-state index contributed by atoms with van der Waals surface area (Å²) >= 11 is 6.24. The van der Waals surface area contributed by atoms with E-state index in [2.05, 4.69) is 15.7 Å². The van der Waals surface area contributed by atoms with Gasteiger partial charge in [-0.25, -0.2) is 9.67 Å². The number of nitrogens with zero attached hydrogens (tertiary/aromatic N) is 4. The van der Waals surface area contributed by atoms with E-state index in [1.807, 2.05) is 44.2 Å². The highest BCUT2D eigenvalue weighted by Crippen LogP contribution is 2.33. The van der Waals surface area contributed by atoms with Gasteiger partial charge in [0.25, 0.3) is 5.91 Å². The lowest BCUT2D eigenvalue weighted by Crippen LogP contribution is -2.51. The van der Waals surface area contributed by atoms with E-state index in [1.54, 1.807) is 34.7 Å². The number of halogens is 1. The largest absolute Gasteiger partial charge is 0.493 e. The fourth-order valence-electron chi connectivity index (χ4n) is 5.62. The topological polar surface area (TPSA) is 132 Å². The molecule has 11 nitrogen and oxygen atoms in total. The third kappa shape index (κ3) is 7.47. The summed E-state index contributed by atoms with van der Waals surface area (Å²) in [6, 6.07) is 13.6. The summed E-state index contributed by atoms with van der Waals surface area (Å²) in [5.41, 5.74) is 1.44. The first-order valence-electron chi connectivity index (χ1n) is 15.3. The molecule has 0 radical (unpaired) electrons. The van der Waals surface area contributed by atoms with Gasteiger partial charge in [0, 0.05) is 36.0 Å². The van der Waals surface area contributed by atoms with Crippen molar-refractivity contribution in [3.8, 4) is 5.75 Å². The van der Waals surface area contributed by atoms with Crippen molar-refractivity contribution in [2.45, 2.75) is 65.1 Å². The minimum atomic E-state index is -0.726. The Bertz CT molecular complexity index is 1670. The van der Waals surface area contributed by atoms with E-state index >= 15 is 0 Å². The molecule has 238 valence electrons. The molecule has 2 aromatic heterocycles. The zero-order valence-electron chi connectivity index (χ0n) is 26.0. The first-order chi connectivity index (χ1) is 21.7. The summed E-state index contributed by atoms with van der Waals surface area (Å²) in [4.78, 5) is 47.1. The van der Waals surface area contributed by atoms with Gasteiger partial charge in [-0.1, -0.05) is 62.2 Å². The van der Waals surface area contributed by atoms with Crippen molar-refractivity contribution in [1.82, 2.24) is 30.3 Å². The van der Waals surface area contributed by atoms with Crippen molar-refractivity contribution in [3.05, 3.63) is 76.5 Å². The molecule has 1 aliphatic rings. The van der Waals surface area contributed by atoms with Crippen LogP contribution in [0.15, 0.2) is 52.9 Å². The lowest BCUT2D eigenvalue weighted by atomic mass is 9.97. The van der Waals surface area contributed by atoms with Crippen LogP contribution in [0.2, 0.25) is 5.02 Å². The summed E-state index contributed by atoms with van der Waals surface area (Å²) in [7, 11) is 1.51. The summed E-state index contributed by atoms with van der Waals surface area (Å²) < 4.78 is 13.1. The van der Waals surface area contributed by atoms with E-state index < -0.39 is 12.1 Å². The van der Waals surface area contributed by atoms with E-state index in [-0.39, 0.29) is 48.9 Å². The van der Waals surface area contributed by atoms with Gasteiger partial charge in [-0.05, 0) is 43.4 Å². The Kier molecular flexibility index (Phi) is 10.1. The average molecular weight is 635 g/mol. The Morgan fingerprint density at radius 3 is 2.64 bits per heavy atom. The van der Waals surface area contributed by atoms with Crippen LogP contribution >= 0.6 is 11.6 Å². The number of carbonyl (C=O) groups excluding carboxylic acids is 3. The van der Waals surface area contributed by atoms with E-state index in [0.29, 0.717) is 59.2 Å². The number of nitrogens with one attached hydrogen (secondary N) is 2. The Hall–Kier alpha value is -4.38. The molecule has 0 fully saturated rings. The van der Waals surface area contributed by atoms with Crippen molar-refractivity contribution in [1.29, 1.82) is 0 Å². The predicted octanol–water partition coefficient (Wildman–Crippen LogP) is 4.86. The van der Waals surface area contributed by atoms with E-state index in [0.717, 1.165) is 5.56 Å². The summed E-state index contributed by atoms with van der Waals surface area (Å²) in [6.45, 7) is 6.61. The second-order valence-corrected chi connectivity index (χ2v) is 11.9. The molecule has 3 atom stereocenters. The molecular weight excluding hydrogens is 596 g/mol. The van der Waals surface area contributed by atoms with Crippen LogP contribution in [0.1, 0.15) is 66.9 Å². The molecule has 4 aromatic rings. The van der Waals surface area contributed by atoms with Crippen molar-refractivity contribution < 1.29 is 23.5 Å². The van der Waals surface area contributed by atoms with Crippen LogP contribution in [-0.4, -0.2) is 63.6 Å². The number of amides is 3. The molecule has 0 saturated carbocycles. The highest BCUT2D eigenvalue weighted by atomic mass is 35.5. The molecule has 0 bridgehead atoms. The quantitative estimate of drug-likeness (QED) is 0.310. The molecule has 45 heavy (non-hydrogen) atoms. The van der Waals surface area contributed by atoms with Crippen LogP contribution in [0.4, 0.5) is 0 Å². The van der Waals surface area contributed by atoms with Crippen molar-refractivity contribution in [2.24, 2.45) is 5.92 Å². The first kappa shape index (κ1) is 32.0. The van der Waals surface area contributed by atoms with Gasteiger partial charge in [0.1, 0.15) is 17.7 Å². The Labute approximate surface area is 267 Å². The zero-order valence-corrected chi connectivity index (χ0v) is 26.8. The van der Waals surface area contributed by atoms with Crippen LogP contribution in [0.5, 0.6) is 5.75 Å². The number of fused-ring (bicyclic) bond motifs is 2. The number of rotatable bonds is 6. The maximum absolute atomic E-state index is 13.9. The fourth-order valence-corrected chi connectivity index (χ4v) is 5.84. The Balaban J connectivity index is 1.50. The second-order valence-electron chi connectivity index (χ2n) is 11.5. The molecule has 0 aliphatic carbocycles. The molecule has 0 unspecified atom stereocenters. The number of ether oxygens (including phenoxy) is 1. The maximum atomic E-state index is 13.9. The second kappa shape index (κ2) is 14.2. The number of methoxy groups -OCH3 is 1.